The van der Waals surface area contributed by atoms with E-state index in [0.29, 0.717) is 18.0 Å². The highest BCUT2D eigenvalue weighted by Crippen LogP contribution is 2.55. The summed E-state index contributed by atoms with van der Waals surface area (Å²) in [5, 5.41) is 6.27. The average molecular weight is 642 g/mol. The minimum atomic E-state index is -1.15. The van der Waals surface area contributed by atoms with Crippen LogP contribution < -0.4 is 15.4 Å². The fourth-order valence-electron chi connectivity index (χ4n) is 8.44. The maximum Gasteiger partial charge on any atom is 0.246 e. The number of rotatable bonds is 11. The van der Waals surface area contributed by atoms with Crippen LogP contribution in [0.1, 0.15) is 44.1 Å². The van der Waals surface area contributed by atoms with Crippen molar-refractivity contribution in [2.75, 3.05) is 51.7 Å². The van der Waals surface area contributed by atoms with Crippen LogP contribution in [0, 0.1) is 11.8 Å². The number of fused-ring (bicyclic) bond motifs is 1. The first-order valence-corrected chi connectivity index (χ1v) is 17.4. The van der Waals surface area contributed by atoms with Gasteiger partial charge in [-0.25, -0.2) is 0 Å². The van der Waals surface area contributed by atoms with Gasteiger partial charge in [0.1, 0.15) is 17.4 Å². The number of amides is 3. The Morgan fingerprint density at radius 1 is 0.936 bits per heavy atom. The Bertz CT molecular complexity index is 1470. The number of piperazine rings is 1. The number of carbonyl (C=O) groups is 3. The summed E-state index contributed by atoms with van der Waals surface area (Å²) in [7, 11) is 1.58. The predicted molar refractivity (Wildman–Crippen MR) is 179 cm³/mol. The van der Waals surface area contributed by atoms with Crippen molar-refractivity contribution in [1.82, 2.24) is 20.0 Å². The Kier molecular flexibility index (Phi) is 9.34. The minimum Gasteiger partial charge on any atom is -0.497 e. The first-order chi connectivity index (χ1) is 22.9. The molecule has 47 heavy (non-hydrogen) atoms. The van der Waals surface area contributed by atoms with E-state index in [2.05, 4.69) is 44.7 Å². The monoisotopic (exact) mass is 641 g/mol. The Morgan fingerprint density at radius 3 is 2.47 bits per heavy atom. The third-order valence-electron chi connectivity index (χ3n) is 10.8. The molecule has 0 radical (unpaired) electrons. The van der Waals surface area contributed by atoms with Gasteiger partial charge in [0.15, 0.2) is 0 Å². The van der Waals surface area contributed by atoms with Gasteiger partial charge in [-0.15, -0.1) is 0 Å². The molecule has 250 valence electrons. The number of carbonyl (C=O) groups excluding carboxylic acids is 3. The first-order valence-electron chi connectivity index (χ1n) is 17.4. The molecule has 1 saturated carbocycles. The lowest BCUT2D eigenvalue weighted by Gasteiger charge is -2.36. The van der Waals surface area contributed by atoms with Gasteiger partial charge in [0.25, 0.3) is 0 Å². The standard InChI is InChI=1S/C37H47N5O5/c1-46-29-15-8-14-28(24-29)39-34(43)31-30-16-17-37(47-30)32(31)36(45)42(33(37)35(44)38-27-12-6-3-7-13-27)19-9-18-40-20-22-41(23-21-40)25-26-10-4-2-5-11-26/h2,4-5,8,10-11,14-17,24,27,30-33H,3,6-7,9,12-13,18-23,25H2,1H3,(H,38,44)(H,39,43)/t30-,31-,32-,33+,37-/m1/s1. The van der Waals surface area contributed by atoms with Crippen LogP contribution in [0.5, 0.6) is 5.75 Å². The molecule has 2 aromatic rings. The van der Waals surface area contributed by atoms with Crippen LogP contribution in [0.4, 0.5) is 5.69 Å². The summed E-state index contributed by atoms with van der Waals surface area (Å²) in [6, 6.07) is 17.0. The number of hydrogen-bond donors (Lipinski definition) is 2. The second-order valence-electron chi connectivity index (χ2n) is 13.8. The number of anilines is 1. The molecule has 10 heteroatoms. The van der Waals surface area contributed by atoms with E-state index in [1.165, 1.54) is 12.0 Å². The van der Waals surface area contributed by atoms with Crippen LogP contribution in [0.25, 0.3) is 0 Å². The molecule has 3 saturated heterocycles. The van der Waals surface area contributed by atoms with E-state index < -0.39 is 29.6 Å². The summed E-state index contributed by atoms with van der Waals surface area (Å²) >= 11 is 0. The number of hydrogen-bond acceptors (Lipinski definition) is 7. The highest BCUT2D eigenvalue weighted by Gasteiger charge is 2.72. The van der Waals surface area contributed by atoms with Crippen LogP contribution in [-0.4, -0.2) is 103 Å². The highest BCUT2D eigenvalue weighted by atomic mass is 16.5. The first kappa shape index (κ1) is 31.8. The van der Waals surface area contributed by atoms with Gasteiger partial charge >= 0.3 is 0 Å². The summed E-state index contributed by atoms with van der Waals surface area (Å²) in [6.45, 7) is 6.18. The lowest BCUT2D eigenvalue weighted by atomic mass is 9.74. The SMILES string of the molecule is COc1cccc(NC(=O)[C@@H]2[C@H]3C=C[C@]4(O3)[C@H](C(=O)NC3CCCCC3)N(CCCN3CCN(Cc5ccccc5)CC3)C(=O)[C@@H]24)c1. The Balaban J connectivity index is 1.04. The Morgan fingerprint density at radius 2 is 1.70 bits per heavy atom. The zero-order valence-corrected chi connectivity index (χ0v) is 27.3. The van der Waals surface area contributed by atoms with E-state index in [1.54, 1.807) is 24.1 Å². The number of ether oxygens (including phenoxy) is 2. The number of nitrogens with one attached hydrogen (secondary N) is 2. The normalized spacial score (nSPS) is 29.2. The fraction of sp³-hybridized carbons (Fsp3) is 0.541. The Labute approximate surface area is 277 Å². The summed E-state index contributed by atoms with van der Waals surface area (Å²) in [4.78, 5) is 49.0. The molecule has 1 aliphatic carbocycles. The van der Waals surface area contributed by atoms with Gasteiger partial charge in [-0.2, -0.15) is 0 Å². The quantitative estimate of drug-likeness (QED) is 0.363. The van der Waals surface area contributed by atoms with E-state index in [4.69, 9.17) is 9.47 Å². The third-order valence-corrected chi connectivity index (χ3v) is 10.8. The van der Waals surface area contributed by atoms with Gasteiger partial charge in [0.2, 0.25) is 17.7 Å². The molecule has 4 aliphatic heterocycles. The molecule has 4 heterocycles. The molecule has 2 N–H and O–H groups in total. The largest absolute Gasteiger partial charge is 0.497 e. The molecular weight excluding hydrogens is 594 g/mol. The summed E-state index contributed by atoms with van der Waals surface area (Å²) in [6.07, 6.45) is 9.22. The number of likely N-dealkylation sites (tertiary alicyclic amines) is 1. The van der Waals surface area contributed by atoms with Crippen molar-refractivity contribution >= 4 is 23.4 Å². The van der Waals surface area contributed by atoms with Crippen molar-refractivity contribution in [3.8, 4) is 5.75 Å². The molecule has 2 bridgehead atoms. The van der Waals surface area contributed by atoms with Crippen LogP contribution in [0.2, 0.25) is 0 Å². The minimum absolute atomic E-state index is 0.102. The van der Waals surface area contributed by atoms with Crippen molar-refractivity contribution in [1.29, 1.82) is 0 Å². The van der Waals surface area contributed by atoms with E-state index in [9.17, 15) is 14.4 Å². The molecule has 5 atom stereocenters. The van der Waals surface area contributed by atoms with Gasteiger partial charge in [-0.3, -0.25) is 19.3 Å². The van der Waals surface area contributed by atoms with E-state index in [1.807, 2.05) is 30.4 Å². The topological polar surface area (TPSA) is 103 Å². The summed E-state index contributed by atoms with van der Waals surface area (Å²) in [5.74, 6) is -1.48. The molecular formula is C37H47N5O5. The molecule has 1 spiro atoms. The lowest BCUT2D eigenvalue weighted by molar-refractivity contribution is -0.141. The van der Waals surface area contributed by atoms with Crippen LogP contribution in [0.3, 0.4) is 0 Å². The highest BCUT2D eigenvalue weighted by molar-refractivity contribution is 6.02. The van der Waals surface area contributed by atoms with Gasteiger partial charge < -0.3 is 29.9 Å². The van der Waals surface area contributed by atoms with Gasteiger partial charge in [-0.05, 0) is 43.5 Å². The average Bonchev–Trinajstić information content (AvgIpc) is 3.74. The zero-order valence-electron chi connectivity index (χ0n) is 27.3. The Hall–Kier alpha value is -3.73. The van der Waals surface area contributed by atoms with Crippen molar-refractivity contribution < 1.29 is 23.9 Å². The molecule has 0 unspecified atom stereocenters. The maximum absolute atomic E-state index is 14.4. The molecule has 7 rings (SSSR count). The van der Waals surface area contributed by atoms with Crippen molar-refractivity contribution in [2.24, 2.45) is 11.8 Å². The van der Waals surface area contributed by atoms with Crippen LogP contribution >= 0.6 is 0 Å². The van der Waals surface area contributed by atoms with Crippen LogP contribution in [-0.2, 0) is 25.7 Å². The predicted octanol–water partition coefficient (Wildman–Crippen LogP) is 3.44. The lowest BCUT2D eigenvalue weighted by Crippen LogP contribution is -2.56. The van der Waals surface area contributed by atoms with Gasteiger partial charge in [-0.1, -0.05) is 67.8 Å². The van der Waals surface area contributed by atoms with Crippen molar-refractivity contribution in [3.63, 3.8) is 0 Å². The van der Waals surface area contributed by atoms with Gasteiger partial charge in [0.05, 0.1) is 25.0 Å². The van der Waals surface area contributed by atoms with E-state index in [-0.39, 0.29) is 23.8 Å². The maximum atomic E-state index is 14.4. The van der Waals surface area contributed by atoms with E-state index in [0.717, 1.165) is 71.4 Å². The second-order valence-corrected chi connectivity index (χ2v) is 13.8. The van der Waals surface area contributed by atoms with Gasteiger partial charge in [0, 0.05) is 57.1 Å². The number of nitrogens with zero attached hydrogens (tertiary/aromatic N) is 3. The smallest absolute Gasteiger partial charge is 0.246 e. The number of methoxy groups -OCH3 is 1. The second kappa shape index (κ2) is 13.8. The molecule has 4 fully saturated rings. The molecule has 5 aliphatic rings. The van der Waals surface area contributed by atoms with Crippen molar-refractivity contribution in [2.45, 2.75) is 68.9 Å². The molecule has 2 aromatic carbocycles. The summed E-state index contributed by atoms with van der Waals surface area (Å²) in [5.41, 5.74) is 0.768. The molecule has 0 aromatic heterocycles. The fourth-order valence-corrected chi connectivity index (χ4v) is 8.44. The molecule has 3 amide bonds. The summed E-state index contributed by atoms with van der Waals surface area (Å²) < 4.78 is 11.9. The van der Waals surface area contributed by atoms with Crippen molar-refractivity contribution in [3.05, 3.63) is 72.3 Å². The van der Waals surface area contributed by atoms with E-state index >= 15 is 0 Å². The zero-order chi connectivity index (χ0) is 32.4. The number of benzene rings is 2. The third kappa shape index (κ3) is 6.43. The van der Waals surface area contributed by atoms with Crippen LogP contribution in [0.15, 0.2) is 66.7 Å². The molecule has 10 nitrogen and oxygen atoms in total.